The Hall–Kier alpha value is -3.66. The predicted octanol–water partition coefficient (Wildman–Crippen LogP) is 6.77. The monoisotopic (exact) mass is 695 g/mol. The van der Waals surface area contributed by atoms with Crippen molar-refractivity contribution in [3.63, 3.8) is 0 Å². The molecule has 0 radical (unpaired) electrons. The van der Waals surface area contributed by atoms with Gasteiger partial charge in [0.25, 0.3) is 10.0 Å². The van der Waals surface area contributed by atoms with Crippen molar-refractivity contribution in [3.8, 4) is 0 Å². The molecule has 4 rings (SSSR count). The van der Waals surface area contributed by atoms with Crippen molar-refractivity contribution in [2.24, 2.45) is 0 Å². The summed E-state index contributed by atoms with van der Waals surface area (Å²) in [4.78, 5) is 29.6. The minimum atomic E-state index is -4.22. The number of amides is 2. The number of sulfonamides is 1. The summed E-state index contributed by atoms with van der Waals surface area (Å²) in [6, 6.07) is 28.9. The molecule has 0 bridgehead atoms. The van der Waals surface area contributed by atoms with Crippen LogP contribution in [0.1, 0.15) is 30.0 Å². The molecule has 0 aliphatic heterocycles. The van der Waals surface area contributed by atoms with Crippen LogP contribution < -0.4 is 9.62 Å². The molecule has 0 aromatic heterocycles. The minimum absolute atomic E-state index is 0.0248. The maximum atomic E-state index is 14.4. The van der Waals surface area contributed by atoms with E-state index in [-0.39, 0.29) is 34.5 Å². The van der Waals surface area contributed by atoms with Crippen LogP contribution in [0.15, 0.2) is 112 Å². The molecule has 230 valence electrons. The summed E-state index contributed by atoms with van der Waals surface area (Å²) in [5.41, 5.74) is 2.72. The van der Waals surface area contributed by atoms with E-state index in [2.05, 4.69) is 21.2 Å². The highest BCUT2D eigenvalue weighted by atomic mass is 79.9. The van der Waals surface area contributed by atoms with Gasteiger partial charge < -0.3 is 10.2 Å². The molecule has 44 heavy (non-hydrogen) atoms. The number of carbonyl (C=O) groups is 2. The Morgan fingerprint density at radius 1 is 0.864 bits per heavy atom. The van der Waals surface area contributed by atoms with E-state index in [1.807, 2.05) is 68.4 Å². The Bertz CT molecular complexity index is 1670. The Balaban J connectivity index is 1.80. The number of hydrogen-bond acceptors (Lipinski definition) is 4. The maximum absolute atomic E-state index is 14.4. The van der Waals surface area contributed by atoms with Crippen LogP contribution >= 0.6 is 27.5 Å². The van der Waals surface area contributed by atoms with Crippen molar-refractivity contribution in [2.45, 2.75) is 44.2 Å². The Morgan fingerprint density at radius 3 is 2.14 bits per heavy atom. The van der Waals surface area contributed by atoms with Crippen molar-refractivity contribution in [1.82, 2.24) is 10.2 Å². The molecule has 0 aliphatic rings. The summed E-state index contributed by atoms with van der Waals surface area (Å²) in [7, 11) is -4.22. The average Bonchev–Trinajstić information content (AvgIpc) is 3.02. The molecule has 4 aromatic rings. The van der Waals surface area contributed by atoms with E-state index in [0.717, 1.165) is 31.9 Å². The lowest BCUT2D eigenvalue weighted by molar-refractivity contribution is -0.140. The molecular weight excluding hydrogens is 662 g/mol. The number of anilines is 1. The largest absolute Gasteiger partial charge is 0.354 e. The first-order chi connectivity index (χ1) is 21.1. The number of benzene rings is 4. The van der Waals surface area contributed by atoms with Crippen LogP contribution in [0.3, 0.4) is 0 Å². The fraction of sp³-hybridized carbons (Fsp3) is 0.235. The number of para-hydroxylation sites is 1. The molecule has 0 aliphatic carbocycles. The van der Waals surface area contributed by atoms with E-state index in [1.165, 1.54) is 17.0 Å². The van der Waals surface area contributed by atoms with E-state index < -0.39 is 28.5 Å². The van der Waals surface area contributed by atoms with Gasteiger partial charge in [-0.15, -0.1) is 0 Å². The van der Waals surface area contributed by atoms with E-state index in [4.69, 9.17) is 11.6 Å². The Morgan fingerprint density at radius 2 is 1.50 bits per heavy atom. The van der Waals surface area contributed by atoms with Crippen LogP contribution in [-0.4, -0.2) is 44.3 Å². The zero-order valence-electron chi connectivity index (χ0n) is 24.6. The van der Waals surface area contributed by atoms with Gasteiger partial charge in [0.2, 0.25) is 11.8 Å². The molecule has 1 N–H and O–H groups in total. The van der Waals surface area contributed by atoms with Crippen LogP contribution in [0.2, 0.25) is 5.02 Å². The van der Waals surface area contributed by atoms with Crippen LogP contribution in [0.4, 0.5) is 5.69 Å². The van der Waals surface area contributed by atoms with Crippen molar-refractivity contribution in [2.75, 3.05) is 17.4 Å². The first kappa shape index (κ1) is 33.2. The molecule has 0 saturated heterocycles. The van der Waals surface area contributed by atoms with Gasteiger partial charge in [-0.05, 0) is 60.9 Å². The number of rotatable bonds is 13. The molecule has 0 heterocycles. The standard InChI is InChI=1S/C34H35BrClN3O4S/c1-3-21-37-34(41)32(22-26-9-5-4-6-10-26)38(23-27-15-17-28(35)18-16-27)33(40)24-39(31-12-8-7-11-30(31)36)44(42,43)29-19-13-25(2)14-20-29/h4-20,32H,3,21-24H2,1-2H3,(H,37,41). The lowest BCUT2D eigenvalue weighted by Crippen LogP contribution is -2.53. The molecule has 10 heteroatoms. The summed E-state index contributed by atoms with van der Waals surface area (Å²) >= 11 is 9.97. The van der Waals surface area contributed by atoms with Crippen LogP contribution in [0.5, 0.6) is 0 Å². The van der Waals surface area contributed by atoms with Crippen molar-refractivity contribution in [1.29, 1.82) is 0 Å². The summed E-state index contributed by atoms with van der Waals surface area (Å²) in [5, 5.41) is 3.12. The predicted molar refractivity (Wildman–Crippen MR) is 179 cm³/mol. The van der Waals surface area contributed by atoms with E-state index in [0.29, 0.717) is 6.54 Å². The topological polar surface area (TPSA) is 86.8 Å². The number of nitrogens with one attached hydrogen (secondary N) is 1. The molecule has 0 saturated carbocycles. The lowest BCUT2D eigenvalue weighted by atomic mass is 10.0. The third-order valence-corrected chi connectivity index (χ3v) is 9.72. The molecular formula is C34H35BrClN3O4S. The van der Waals surface area contributed by atoms with Gasteiger partial charge in [0.15, 0.2) is 0 Å². The van der Waals surface area contributed by atoms with Gasteiger partial charge in [-0.3, -0.25) is 13.9 Å². The third-order valence-electron chi connectivity index (χ3n) is 7.10. The molecule has 2 amide bonds. The van der Waals surface area contributed by atoms with Crippen LogP contribution in [0.25, 0.3) is 0 Å². The number of carbonyl (C=O) groups excluding carboxylic acids is 2. The summed E-state index contributed by atoms with van der Waals surface area (Å²) < 4.78 is 30.1. The van der Waals surface area contributed by atoms with E-state index in [9.17, 15) is 18.0 Å². The minimum Gasteiger partial charge on any atom is -0.354 e. The second-order valence-corrected chi connectivity index (χ2v) is 13.6. The van der Waals surface area contributed by atoms with Crippen molar-refractivity contribution >= 4 is 55.1 Å². The lowest BCUT2D eigenvalue weighted by Gasteiger charge is -2.34. The van der Waals surface area contributed by atoms with Gasteiger partial charge in [-0.25, -0.2) is 8.42 Å². The highest BCUT2D eigenvalue weighted by molar-refractivity contribution is 9.10. The zero-order valence-corrected chi connectivity index (χ0v) is 27.8. The fourth-order valence-corrected chi connectivity index (χ4v) is 6.70. The average molecular weight is 697 g/mol. The molecule has 0 fully saturated rings. The van der Waals surface area contributed by atoms with Gasteiger partial charge in [0, 0.05) is 24.0 Å². The van der Waals surface area contributed by atoms with Gasteiger partial charge in [-0.2, -0.15) is 0 Å². The highest BCUT2D eigenvalue weighted by Crippen LogP contribution is 2.31. The third kappa shape index (κ3) is 8.49. The Labute approximate surface area is 273 Å². The highest BCUT2D eigenvalue weighted by Gasteiger charge is 2.35. The van der Waals surface area contributed by atoms with Crippen molar-refractivity contribution in [3.05, 3.63) is 129 Å². The van der Waals surface area contributed by atoms with E-state index in [1.54, 1.807) is 36.4 Å². The first-order valence-corrected chi connectivity index (χ1v) is 16.9. The summed E-state index contributed by atoms with van der Waals surface area (Å²) in [6.45, 7) is 3.78. The van der Waals surface area contributed by atoms with Gasteiger partial charge in [-0.1, -0.05) is 107 Å². The zero-order chi connectivity index (χ0) is 31.7. The smallest absolute Gasteiger partial charge is 0.264 e. The molecule has 1 unspecified atom stereocenters. The number of hydrogen-bond donors (Lipinski definition) is 1. The molecule has 0 spiro atoms. The normalized spacial score (nSPS) is 11.9. The number of nitrogens with zero attached hydrogens (tertiary/aromatic N) is 2. The number of aryl methyl sites for hydroxylation is 1. The summed E-state index contributed by atoms with van der Waals surface area (Å²) in [6.07, 6.45) is 0.967. The molecule has 7 nitrogen and oxygen atoms in total. The molecule has 4 aromatic carbocycles. The fourth-order valence-electron chi connectivity index (χ4n) is 4.71. The SMILES string of the molecule is CCCNC(=O)C(Cc1ccccc1)N(Cc1ccc(Br)cc1)C(=O)CN(c1ccccc1Cl)S(=O)(=O)c1ccc(C)cc1. The first-order valence-electron chi connectivity index (χ1n) is 14.3. The second-order valence-electron chi connectivity index (χ2n) is 10.4. The van der Waals surface area contributed by atoms with Gasteiger partial charge in [0.05, 0.1) is 15.6 Å². The molecule has 1 atom stereocenters. The quantitative estimate of drug-likeness (QED) is 0.167. The van der Waals surface area contributed by atoms with Gasteiger partial charge >= 0.3 is 0 Å². The number of halogens is 2. The Kier molecular flexibility index (Phi) is 11.6. The van der Waals surface area contributed by atoms with Crippen LogP contribution in [-0.2, 0) is 32.6 Å². The summed E-state index contributed by atoms with van der Waals surface area (Å²) in [5.74, 6) is -0.858. The second kappa shape index (κ2) is 15.4. The van der Waals surface area contributed by atoms with Gasteiger partial charge in [0.1, 0.15) is 12.6 Å². The van der Waals surface area contributed by atoms with E-state index >= 15 is 0 Å². The maximum Gasteiger partial charge on any atom is 0.264 e. The van der Waals surface area contributed by atoms with Crippen LogP contribution in [0, 0.1) is 6.92 Å². The van der Waals surface area contributed by atoms with Crippen molar-refractivity contribution < 1.29 is 18.0 Å².